The second-order valence-corrected chi connectivity index (χ2v) is 14.2. The Morgan fingerprint density at radius 1 is 0.357 bits per heavy atom. The molecule has 0 unspecified atom stereocenters. The summed E-state index contributed by atoms with van der Waals surface area (Å²) in [7, 11) is 0. The van der Waals surface area contributed by atoms with E-state index in [-0.39, 0.29) is 0 Å². The molecule has 1 aliphatic rings. The van der Waals surface area contributed by atoms with Crippen LogP contribution in [-0.4, -0.2) is 19.9 Å². The average Bonchev–Trinajstić information content (AvgIpc) is 3.86. The molecule has 0 atom stereocenters. The molecule has 0 fully saturated rings. The highest BCUT2D eigenvalue weighted by Crippen LogP contribution is 2.56. The van der Waals surface area contributed by atoms with Crippen molar-refractivity contribution in [3.8, 4) is 56.7 Å². The Bertz CT molecular complexity index is 3020. The molecule has 11 rings (SSSR count). The molecule has 0 aliphatic heterocycles. The van der Waals surface area contributed by atoms with Gasteiger partial charge in [-0.2, -0.15) is 0 Å². The van der Waals surface area contributed by atoms with Crippen LogP contribution in [0.15, 0.2) is 199 Å². The summed E-state index contributed by atoms with van der Waals surface area (Å²) >= 11 is 0. The van der Waals surface area contributed by atoms with Crippen molar-refractivity contribution in [2.75, 3.05) is 0 Å². The van der Waals surface area contributed by atoms with Crippen LogP contribution in [-0.2, 0) is 5.41 Å². The van der Waals surface area contributed by atoms with Crippen LogP contribution in [0.1, 0.15) is 22.3 Å². The molecule has 0 amide bonds. The molecular weight excluding hydrogens is 685 g/mol. The van der Waals surface area contributed by atoms with Crippen molar-refractivity contribution in [2.24, 2.45) is 0 Å². The largest absolute Gasteiger partial charge is 0.435 e. The van der Waals surface area contributed by atoms with Gasteiger partial charge in [0.15, 0.2) is 23.1 Å². The minimum Gasteiger partial charge on any atom is -0.435 e. The number of nitrogens with zero attached hydrogens (tertiary/aromatic N) is 4. The topological polar surface area (TPSA) is 64.7 Å². The zero-order valence-corrected chi connectivity index (χ0v) is 30.2. The molecular formula is C51H32N4O. The molecule has 8 aromatic carbocycles. The number of benzene rings is 8. The Hall–Kier alpha value is -7.50. The van der Waals surface area contributed by atoms with E-state index >= 15 is 0 Å². The van der Waals surface area contributed by atoms with Crippen LogP contribution in [0, 0.1) is 0 Å². The summed E-state index contributed by atoms with van der Waals surface area (Å²) in [6, 6.07) is 67.6. The number of aromatic nitrogens is 4. The lowest BCUT2D eigenvalue weighted by atomic mass is 9.67. The molecule has 0 saturated carbocycles. The highest BCUT2D eigenvalue weighted by atomic mass is 16.3. The first-order valence-electron chi connectivity index (χ1n) is 18.8. The molecule has 262 valence electrons. The van der Waals surface area contributed by atoms with E-state index in [9.17, 15) is 0 Å². The summed E-state index contributed by atoms with van der Waals surface area (Å²) in [5.74, 6) is 2.33. The normalized spacial score (nSPS) is 12.8. The molecule has 5 nitrogen and oxygen atoms in total. The zero-order chi connectivity index (χ0) is 37.1. The van der Waals surface area contributed by atoms with Gasteiger partial charge in [0.2, 0.25) is 5.89 Å². The molecule has 10 aromatic rings. The fourth-order valence-corrected chi connectivity index (χ4v) is 8.57. The Balaban J connectivity index is 1.10. The van der Waals surface area contributed by atoms with E-state index in [0.29, 0.717) is 28.9 Å². The summed E-state index contributed by atoms with van der Waals surface area (Å²) in [6.45, 7) is 0. The Morgan fingerprint density at radius 2 is 0.875 bits per heavy atom. The first kappa shape index (κ1) is 32.0. The summed E-state index contributed by atoms with van der Waals surface area (Å²) in [5.41, 5.74) is 12.1. The van der Waals surface area contributed by atoms with Gasteiger partial charge in [-0.15, -0.1) is 0 Å². The third-order valence-electron chi connectivity index (χ3n) is 11.1. The van der Waals surface area contributed by atoms with Crippen molar-refractivity contribution in [3.05, 3.63) is 216 Å². The molecule has 2 heterocycles. The van der Waals surface area contributed by atoms with Crippen LogP contribution >= 0.6 is 0 Å². The van der Waals surface area contributed by atoms with Gasteiger partial charge in [0.25, 0.3) is 0 Å². The number of hydrogen-bond acceptors (Lipinski definition) is 5. The highest BCUT2D eigenvalue weighted by molar-refractivity contribution is 6.10. The maximum absolute atomic E-state index is 6.53. The van der Waals surface area contributed by atoms with E-state index in [4.69, 9.17) is 24.4 Å². The van der Waals surface area contributed by atoms with E-state index in [0.717, 1.165) is 38.5 Å². The van der Waals surface area contributed by atoms with Gasteiger partial charge in [0.05, 0.1) is 5.41 Å². The van der Waals surface area contributed by atoms with Crippen LogP contribution < -0.4 is 0 Å². The van der Waals surface area contributed by atoms with E-state index < -0.39 is 5.41 Å². The fourth-order valence-electron chi connectivity index (χ4n) is 8.57. The number of oxazole rings is 1. The quantitative estimate of drug-likeness (QED) is 0.171. The molecule has 0 radical (unpaired) electrons. The molecule has 0 saturated heterocycles. The van der Waals surface area contributed by atoms with E-state index in [1.54, 1.807) is 0 Å². The molecule has 0 N–H and O–H groups in total. The van der Waals surface area contributed by atoms with Crippen molar-refractivity contribution in [2.45, 2.75) is 5.41 Å². The van der Waals surface area contributed by atoms with Crippen molar-refractivity contribution < 1.29 is 4.42 Å². The van der Waals surface area contributed by atoms with Crippen LogP contribution in [0.3, 0.4) is 0 Å². The summed E-state index contributed by atoms with van der Waals surface area (Å²) < 4.78 is 6.53. The van der Waals surface area contributed by atoms with Crippen molar-refractivity contribution >= 4 is 21.9 Å². The maximum Gasteiger partial charge on any atom is 0.227 e. The minimum absolute atomic E-state index is 0.490. The lowest BCUT2D eigenvalue weighted by Gasteiger charge is -2.34. The fraction of sp³-hybridized carbons (Fsp3) is 0.0196. The Labute approximate surface area is 323 Å². The molecule has 5 heteroatoms. The zero-order valence-electron chi connectivity index (χ0n) is 30.2. The highest BCUT2D eigenvalue weighted by Gasteiger charge is 2.45. The van der Waals surface area contributed by atoms with Gasteiger partial charge in [-0.3, -0.25) is 0 Å². The minimum atomic E-state index is -0.490. The second kappa shape index (κ2) is 12.8. The second-order valence-electron chi connectivity index (χ2n) is 14.2. The Kier molecular flexibility index (Phi) is 7.32. The number of rotatable bonds is 6. The van der Waals surface area contributed by atoms with Crippen molar-refractivity contribution in [1.29, 1.82) is 0 Å². The first-order valence-corrected chi connectivity index (χ1v) is 18.8. The van der Waals surface area contributed by atoms with E-state index in [1.165, 1.54) is 33.4 Å². The van der Waals surface area contributed by atoms with Crippen LogP contribution in [0.4, 0.5) is 0 Å². The van der Waals surface area contributed by atoms with Crippen LogP contribution in [0.5, 0.6) is 0 Å². The summed E-state index contributed by atoms with van der Waals surface area (Å²) in [4.78, 5) is 20.3. The smallest absolute Gasteiger partial charge is 0.227 e. The molecule has 0 bridgehead atoms. The standard InChI is InChI=1S/C51H32N4O/c1-4-15-34(16-5-1)47-53-48(55-49(54-47)41-24-14-19-33-29-32-44-46(45(33)41)56-50(52-44)36-17-6-2-7-18-36)35-27-30-38(31-28-35)51(37-20-8-3-9-21-37)42-25-12-10-22-39(42)40-23-11-13-26-43(40)51/h1-32H. The lowest BCUT2D eigenvalue weighted by molar-refractivity contribution is 0.623. The predicted octanol–water partition coefficient (Wildman–Crippen LogP) is 12.2. The third kappa shape index (κ3) is 4.95. The monoisotopic (exact) mass is 716 g/mol. The van der Waals surface area contributed by atoms with Gasteiger partial charge >= 0.3 is 0 Å². The van der Waals surface area contributed by atoms with Gasteiger partial charge < -0.3 is 4.42 Å². The van der Waals surface area contributed by atoms with E-state index in [1.807, 2.05) is 72.8 Å². The van der Waals surface area contributed by atoms with Crippen molar-refractivity contribution in [3.63, 3.8) is 0 Å². The van der Waals surface area contributed by atoms with Crippen LogP contribution in [0.25, 0.3) is 78.6 Å². The summed E-state index contributed by atoms with van der Waals surface area (Å²) in [6.07, 6.45) is 0. The molecule has 0 spiro atoms. The third-order valence-corrected chi connectivity index (χ3v) is 11.1. The van der Waals surface area contributed by atoms with Gasteiger partial charge in [0.1, 0.15) is 5.52 Å². The van der Waals surface area contributed by atoms with Gasteiger partial charge in [-0.1, -0.05) is 176 Å². The van der Waals surface area contributed by atoms with Gasteiger partial charge in [0, 0.05) is 27.6 Å². The van der Waals surface area contributed by atoms with Crippen molar-refractivity contribution in [1.82, 2.24) is 19.9 Å². The lowest BCUT2D eigenvalue weighted by Crippen LogP contribution is -2.28. The SMILES string of the molecule is c1ccc(-c2nc(-c3ccc(C4(c5ccccc5)c5ccccc5-c5ccccc54)cc3)nc(-c3cccc4ccc5nc(-c6ccccc6)oc5c34)n2)cc1. The molecule has 56 heavy (non-hydrogen) atoms. The van der Waals surface area contributed by atoms with Crippen LogP contribution in [0.2, 0.25) is 0 Å². The molecule has 2 aromatic heterocycles. The van der Waals surface area contributed by atoms with E-state index in [2.05, 4.69) is 121 Å². The maximum atomic E-state index is 6.53. The number of fused-ring (bicyclic) bond motifs is 6. The van der Waals surface area contributed by atoms with Gasteiger partial charge in [-0.05, 0) is 57.0 Å². The summed E-state index contributed by atoms with van der Waals surface area (Å²) in [5, 5.41) is 1.93. The number of hydrogen-bond donors (Lipinski definition) is 0. The molecule has 1 aliphatic carbocycles. The van der Waals surface area contributed by atoms with Gasteiger partial charge in [-0.25, -0.2) is 19.9 Å². The Morgan fingerprint density at radius 3 is 1.54 bits per heavy atom. The average molecular weight is 717 g/mol. The predicted molar refractivity (Wildman–Crippen MR) is 224 cm³/mol. The first-order chi connectivity index (χ1) is 27.8.